The first-order chi connectivity index (χ1) is 7.86. The van der Waals surface area contributed by atoms with Crippen LogP contribution in [0.1, 0.15) is 22.8 Å². The van der Waals surface area contributed by atoms with E-state index in [1.54, 1.807) is 14.0 Å². The first-order valence-electron chi connectivity index (χ1n) is 5.22. The van der Waals surface area contributed by atoms with Gasteiger partial charge in [0.2, 0.25) is 0 Å². The van der Waals surface area contributed by atoms with Crippen molar-refractivity contribution in [3.63, 3.8) is 0 Å². The van der Waals surface area contributed by atoms with Gasteiger partial charge in [-0.3, -0.25) is 4.79 Å². The third kappa shape index (κ3) is 3.56. The number of Topliss-reactive ketones (excluding diaryl/α,β-unsaturated/α-hetero) is 1. The van der Waals surface area contributed by atoms with Gasteiger partial charge in [0, 0.05) is 18.0 Å². The van der Waals surface area contributed by atoms with Gasteiger partial charge < -0.3 is 5.32 Å². The van der Waals surface area contributed by atoms with Crippen LogP contribution in [0.5, 0.6) is 0 Å². The average Bonchev–Trinajstić information content (AvgIpc) is 2.27. The lowest BCUT2D eigenvalue weighted by atomic mass is 9.98. The monoisotopic (exact) mass is 245 g/mol. The van der Waals surface area contributed by atoms with Crippen molar-refractivity contribution in [3.8, 4) is 0 Å². The number of halogens is 3. The average molecular weight is 245 g/mol. The Bertz CT molecular complexity index is 384. The number of nitrogens with one attached hydrogen (secondary N) is 1. The van der Waals surface area contributed by atoms with Gasteiger partial charge in [-0.05, 0) is 19.2 Å². The van der Waals surface area contributed by atoms with Crippen LogP contribution in [0.3, 0.4) is 0 Å². The van der Waals surface area contributed by atoms with Crippen LogP contribution < -0.4 is 5.32 Å². The third-order valence-corrected chi connectivity index (χ3v) is 2.45. The molecule has 0 bridgehead atoms. The molecule has 0 aromatic heterocycles. The second-order valence-electron chi connectivity index (χ2n) is 3.90. The van der Waals surface area contributed by atoms with Gasteiger partial charge in [-0.15, -0.1) is 0 Å². The Labute approximate surface area is 97.8 Å². The van der Waals surface area contributed by atoms with Crippen LogP contribution in [0, 0.1) is 5.92 Å². The highest BCUT2D eigenvalue weighted by molar-refractivity contribution is 5.97. The van der Waals surface area contributed by atoms with Gasteiger partial charge in [-0.2, -0.15) is 13.2 Å². The molecule has 0 heterocycles. The van der Waals surface area contributed by atoms with E-state index in [4.69, 9.17) is 0 Å². The molecular weight excluding hydrogens is 231 g/mol. The normalized spacial score (nSPS) is 13.5. The summed E-state index contributed by atoms with van der Waals surface area (Å²) in [6.45, 7) is 2.23. The minimum Gasteiger partial charge on any atom is -0.319 e. The molecule has 0 fully saturated rings. The zero-order valence-electron chi connectivity index (χ0n) is 9.64. The molecule has 1 N–H and O–H groups in total. The summed E-state index contributed by atoms with van der Waals surface area (Å²) >= 11 is 0. The van der Waals surface area contributed by atoms with E-state index in [1.807, 2.05) is 0 Å². The Morgan fingerprint density at radius 2 is 1.82 bits per heavy atom. The summed E-state index contributed by atoms with van der Waals surface area (Å²) in [4.78, 5) is 11.8. The molecular formula is C12H14F3NO. The summed E-state index contributed by atoms with van der Waals surface area (Å²) < 4.78 is 36.9. The molecule has 1 unspecified atom stereocenters. The quantitative estimate of drug-likeness (QED) is 0.826. The second-order valence-corrected chi connectivity index (χ2v) is 3.90. The molecule has 5 heteroatoms. The van der Waals surface area contributed by atoms with E-state index in [0.29, 0.717) is 12.1 Å². The predicted molar refractivity (Wildman–Crippen MR) is 58.9 cm³/mol. The summed E-state index contributed by atoms with van der Waals surface area (Å²) in [6.07, 6.45) is -4.36. The molecule has 0 aliphatic rings. The summed E-state index contributed by atoms with van der Waals surface area (Å²) in [5.41, 5.74) is -0.434. The molecule has 17 heavy (non-hydrogen) atoms. The van der Waals surface area contributed by atoms with Crippen LogP contribution in [0.2, 0.25) is 0 Å². The third-order valence-electron chi connectivity index (χ3n) is 2.45. The smallest absolute Gasteiger partial charge is 0.319 e. The van der Waals surface area contributed by atoms with E-state index in [1.165, 1.54) is 12.1 Å². The standard InChI is InChI=1S/C12H14F3NO/c1-8(7-16-2)11(17)9-3-5-10(6-4-9)12(13,14)15/h3-6,8,16H,7H2,1-2H3. The van der Waals surface area contributed by atoms with Crippen molar-refractivity contribution < 1.29 is 18.0 Å². The number of hydrogen-bond donors (Lipinski definition) is 1. The molecule has 1 aromatic carbocycles. The first-order valence-corrected chi connectivity index (χ1v) is 5.22. The summed E-state index contributed by atoms with van der Waals surface area (Å²) in [7, 11) is 1.72. The van der Waals surface area contributed by atoms with Crippen LogP contribution in [0.4, 0.5) is 13.2 Å². The molecule has 94 valence electrons. The number of carbonyl (C=O) groups excluding carboxylic acids is 1. The lowest BCUT2D eigenvalue weighted by Gasteiger charge is -2.11. The van der Waals surface area contributed by atoms with E-state index in [-0.39, 0.29) is 11.7 Å². The predicted octanol–water partition coefficient (Wildman–Crippen LogP) is 2.74. The molecule has 1 aromatic rings. The molecule has 0 aliphatic heterocycles. The number of ketones is 1. The highest BCUT2D eigenvalue weighted by Crippen LogP contribution is 2.29. The summed E-state index contributed by atoms with van der Waals surface area (Å²) in [5, 5.41) is 2.85. The van der Waals surface area contributed by atoms with Crippen molar-refractivity contribution in [1.29, 1.82) is 0 Å². The van der Waals surface area contributed by atoms with Crippen molar-refractivity contribution in [2.45, 2.75) is 13.1 Å². The second kappa shape index (κ2) is 5.31. The SMILES string of the molecule is CNCC(C)C(=O)c1ccc(C(F)(F)F)cc1. The van der Waals surface area contributed by atoms with Crippen molar-refractivity contribution in [2.75, 3.05) is 13.6 Å². The zero-order valence-corrected chi connectivity index (χ0v) is 9.64. The van der Waals surface area contributed by atoms with Gasteiger partial charge in [-0.1, -0.05) is 19.1 Å². The zero-order chi connectivity index (χ0) is 13.1. The van der Waals surface area contributed by atoms with Crippen LogP contribution in [0.25, 0.3) is 0 Å². The molecule has 0 saturated heterocycles. The van der Waals surface area contributed by atoms with Gasteiger partial charge >= 0.3 is 6.18 Å². The van der Waals surface area contributed by atoms with E-state index in [0.717, 1.165) is 12.1 Å². The van der Waals surface area contributed by atoms with E-state index in [2.05, 4.69) is 5.32 Å². The van der Waals surface area contributed by atoms with Crippen LogP contribution >= 0.6 is 0 Å². The summed E-state index contributed by atoms with van der Waals surface area (Å²) in [5.74, 6) is -0.412. The van der Waals surface area contributed by atoms with Crippen molar-refractivity contribution >= 4 is 5.78 Å². The number of benzene rings is 1. The van der Waals surface area contributed by atoms with Crippen molar-refractivity contribution in [2.24, 2.45) is 5.92 Å². The van der Waals surface area contributed by atoms with Crippen molar-refractivity contribution in [1.82, 2.24) is 5.32 Å². The molecule has 0 spiro atoms. The first kappa shape index (κ1) is 13.7. The van der Waals surface area contributed by atoms with E-state index >= 15 is 0 Å². The molecule has 1 atom stereocenters. The lowest BCUT2D eigenvalue weighted by Crippen LogP contribution is -2.23. The maximum Gasteiger partial charge on any atom is 0.416 e. The molecule has 1 rings (SSSR count). The number of rotatable bonds is 4. The Kier molecular flexibility index (Phi) is 4.28. The van der Waals surface area contributed by atoms with Crippen LogP contribution in [-0.2, 0) is 6.18 Å². The Morgan fingerprint density at radius 3 is 2.24 bits per heavy atom. The summed E-state index contributed by atoms with van der Waals surface area (Å²) in [6, 6.07) is 4.30. The molecule has 2 nitrogen and oxygen atoms in total. The fourth-order valence-corrected chi connectivity index (χ4v) is 1.51. The Balaban J connectivity index is 2.84. The van der Waals surface area contributed by atoms with E-state index in [9.17, 15) is 18.0 Å². The van der Waals surface area contributed by atoms with Gasteiger partial charge in [0.25, 0.3) is 0 Å². The van der Waals surface area contributed by atoms with Gasteiger partial charge in [0.15, 0.2) is 5.78 Å². The highest BCUT2D eigenvalue weighted by Gasteiger charge is 2.30. The Morgan fingerprint density at radius 1 is 1.29 bits per heavy atom. The van der Waals surface area contributed by atoms with Gasteiger partial charge in [0.05, 0.1) is 5.56 Å². The highest BCUT2D eigenvalue weighted by atomic mass is 19.4. The molecule has 0 radical (unpaired) electrons. The number of alkyl halides is 3. The van der Waals surface area contributed by atoms with Gasteiger partial charge in [-0.25, -0.2) is 0 Å². The minimum atomic E-state index is -4.36. The number of hydrogen-bond acceptors (Lipinski definition) is 2. The van der Waals surface area contributed by atoms with Crippen molar-refractivity contribution in [3.05, 3.63) is 35.4 Å². The van der Waals surface area contributed by atoms with Gasteiger partial charge in [0.1, 0.15) is 0 Å². The fraction of sp³-hybridized carbons (Fsp3) is 0.417. The van der Waals surface area contributed by atoms with Crippen LogP contribution in [-0.4, -0.2) is 19.4 Å². The lowest BCUT2D eigenvalue weighted by molar-refractivity contribution is -0.137. The minimum absolute atomic E-state index is 0.159. The Hall–Kier alpha value is -1.36. The van der Waals surface area contributed by atoms with E-state index < -0.39 is 11.7 Å². The molecule has 0 aliphatic carbocycles. The van der Waals surface area contributed by atoms with Crippen LogP contribution in [0.15, 0.2) is 24.3 Å². The fourth-order valence-electron chi connectivity index (χ4n) is 1.51. The maximum absolute atomic E-state index is 12.3. The molecule has 0 amide bonds. The molecule has 0 saturated carbocycles. The maximum atomic E-state index is 12.3. The topological polar surface area (TPSA) is 29.1 Å². The number of carbonyl (C=O) groups is 1. The largest absolute Gasteiger partial charge is 0.416 e.